The predicted molar refractivity (Wildman–Crippen MR) is 117 cm³/mol. The number of nitrogens with one attached hydrogen (secondary N) is 2. The van der Waals surface area contributed by atoms with E-state index in [1.54, 1.807) is 0 Å². The monoisotopic (exact) mass is 398 g/mol. The van der Waals surface area contributed by atoms with Gasteiger partial charge in [0, 0.05) is 30.2 Å². The van der Waals surface area contributed by atoms with Gasteiger partial charge in [0.05, 0.1) is 13.2 Å². The highest BCUT2D eigenvalue weighted by Crippen LogP contribution is 2.16. The van der Waals surface area contributed by atoms with Crippen LogP contribution in [0.2, 0.25) is 0 Å². The number of thiocarbonyl (C=S) groups is 1. The molecule has 0 aliphatic carbocycles. The number of anilines is 2. The van der Waals surface area contributed by atoms with Crippen LogP contribution < -0.4 is 10.6 Å². The molecule has 0 unspecified atom stereocenters. The molecule has 1 aliphatic heterocycles. The maximum absolute atomic E-state index is 5.50. The number of aliphatic imine (C=N–C) groups is 1. The SMILES string of the molecule is Cc1ccc(NC(=S)/N=C(/Nc2nc(C)cc(C)n2)N2CCOCC2)c(C)c1. The molecule has 2 aromatic rings. The van der Waals surface area contributed by atoms with E-state index in [0.717, 1.165) is 35.7 Å². The topological polar surface area (TPSA) is 74.7 Å². The van der Waals surface area contributed by atoms with Crippen LogP contribution >= 0.6 is 12.2 Å². The maximum atomic E-state index is 5.50. The molecule has 2 N–H and O–H groups in total. The van der Waals surface area contributed by atoms with Crippen molar-refractivity contribution in [1.82, 2.24) is 14.9 Å². The van der Waals surface area contributed by atoms with Crippen molar-refractivity contribution in [1.29, 1.82) is 0 Å². The van der Waals surface area contributed by atoms with E-state index in [1.165, 1.54) is 5.56 Å². The fourth-order valence-electron chi connectivity index (χ4n) is 3.03. The molecule has 1 aliphatic rings. The van der Waals surface area contributed by atoms with Crippen molar-refractivity contribution in [3.8, 4) is 0 Å². The summed E-state index contributed by atoms with van der Waals surface area (Å²) in [5.41, 5.74) is 5.07. The molecule has 1 saturated heterocycles. The van der Waals surface area contributed by atoms with E-state index in [4.69, 9.17) is 17.0 Å². The summed E-state index contributed by atoms with van der Waals surface area (Å²) in [7, 11) is 0. The second-order valence-electron chi connectivity index (χ2n) is 6.88. The fraction of sp³-hybridized carbons (Fsp3) is 0.400. The molecule has 1 aromatic carbocycles. The summed E-state index contributed by atoms with van der Waals surface area (Å²) in [6.07, 6.45) is 0. The van der Waals surface area contributed by atoms with Crippen LogP contribution in [0.1, 0.15) is 22.5 Å². The zero-order chi connectivity index (χ0) is 20.1. The van der Waals surface area contributed by atoms with Crippen molar-refractivity contribution >= 4 is 34.9 Å². The first-order chi connectivity index (χ1) is 13.4. The first-order valence-corrected chi connectivity index (χ1v) is 9.70. The van der Waals surface area contributed by atoms with Crippen molar-refractivity contribution in [2.24, 2.45) is 4.99 Å². The maximum Gasteiger partial charge on any atom is 0.229 e. The molecule has 7 nitrogen and oxygen atoms in total. The molecule has 0 bridgehead atoms. The van der Waals surface area contributed by atoms with Gasteiger partial charge < -0.3 is 15.0 Å². The molecule has 8 heteroatoms. The lowest BCUT2D eigenvalue weighted by Crippen LogP contribution is -2.45. The van der Waals surface area contributed by atoms with Crippen molar-refractivity contribution in [2.45, 2.75) is 27.7 Å². The van der Waals surface area contributed by atoms with Crippen molar-refractivity contribution < 1.29 is 4.74 Å². The summed E-state index contributed by atoms with van der Waals surface area (Å²) < 4.78 is 5.46. The highest BCUT2D eigenvalue weighted by Gasteiger charge is 2.17. The summed E-state index contributed by atoms with van der Waals surface area (Å²) in [6, 6.07) is 8.11. The lowest BCUT2D eigenvalue weighted by molar-refractivity contribution is 0.0680. The second kappa shape index (κ2) is 9.07. The van der Waals surface area contributed by atoms with Crippen molar-refractivity contribution in [2.75, 3.05) is 36.9 Å². The Bertz CT molecular complexity index is 872. The summed E-state index contributed by atoms with van der Waals surface area (Å²) in [5, 5.41) is 6.84. The summed E-state index contributed by atoms with van der Waals surface area (Å²) in [4.78, 5) is 15.6. The van der Waals surface area contributed by atoms with Gasteiger partial charge in [-0.3, -0.25) is 5.32 Å². The molecule has 0 spiro atoms. The largest absolute Gasteiger partial charge is 0.378 e. The molecule has 3 rings (SSSR count). The molecule has 28 heavy (non-hydrogen) atoms. The molecular weight excluding hydrogens is 372 g/mol. The van der Waals surface area contributed by atoms with Gasteiger partial charge in [-0.2, -0.15) is 4.99 Å². The van der Waals surface area contributed by atoms with Crippen molar-refractivity contribution in [3.63, 3.8) is 0 Å². The first kappa shape index (κ1) is 20.2. The van der Waals surface area contributed by atoms with Gasteiger partial charge in [0.1, 0.15) is 0 Å². The Morgan fingerprint density at radius 1 is 1.04 bits per heavy atom. The number of rotatable bonds is 2. The van der Waals surface area contributed by atoms with E-state index < -0.39 is 0 Å². The molecule has 0 amide bonds. The third-order valence-corrected chi connectivity index (χ3v) is 4.54. The molecule has 0 saturated carbocycles. The number of aryl methyl sites for hydroxylation is 4. The van der Waals surface area contributed by atoms with Gasteiger partial charge in [-0.15, -0.1) is 0 Å². The van der Waals surface area contributed by atoms with Crippen LogP contribution in [0.15, 0.2) is 29.3 Å². The Labute approximate surface area is 171 Å². The lowest BCUT2D eigenvalue weighted by atomic mass is 10.1. The molecule has 1 aromatic heterocycles. The average molecular weight is 399 g/mol. The number of benzene rings is 1. The smallest absolute Gasteiger partial charge is 0.229 e. The first-order valence-electron chi connectivity index (χ1n) is 9.29. The van der Waals surface area contributed by atoms with Gasteiger partial charge in [-0.25, -0.2) is 9.97 Å². The summed E-state index contributed by atoms with van der Waals surface area (Å²) in [6.45, 7) is 10.7. The number of hydrogen-bond donors (Lipinski definition) is 2. The molecular formula is C20H26N6OS. The summed E-state index contributed by atoms with van der Waals surface area (Å²) >= 11 is 5.50. The number of guanidine groups is 1. The summed E-state index contributed by atoms with van der Waals surface area (Å²) in [5.74, 6) is 1.13. The van der Waals surface area contributed by atoms with Crippen LogP contribution in [0.4, 0.5) is 11.6 Å². The standard InChI is InChI=1S/C20H26N6OS/c1-13-5-6-17(14(2)11-13)23-20(28)25-19(26-7-9-27-10-8-26)24-18-21-15(3)12-16(4)22-18/h5-6,11-12H,7-10H2,1-4H3,(H2,21,22,23,24,25,28). The number of nitrogens with zero attached hydrogens (tertiary/aromatic N) is 4. The van der Waals surface area contributed by atoms with Gasteiger partial charge in [0.15, 0.2) is 0 Å². The molecule has 1 fully saturated rings. The van der Waals surface area contributed by atoms with E-state index in [0.29, 0.717) is 30.2 Å². The second-order valence-corrected chi connectivity index (χ2v) is 7.27. The van der Waals surface area contributed by atoms with Crippen LogP contribution in [-0.4, -0.2) is 52.2 Å². The molecule has 0 atom stereocenters. The highest BCUT2D eigenvalue weighted by atomic mass is 32.1. The minimum absolute atomic E-state index is 0.380. The van der Waals surface area contributed by atoms with E-state index in [1.807, 2.05) is 39.0 Å². The van der Waals surface area contributed by atoms with Crippen LogP contribution in [-0.2, 0) is 4.74 Å². The highest BCUT2D eigenvalue weighted by molar-refractivity contribution is 7.80. The number of morpholine rings is 1. The van der Waals surface area contributed by atoms with E-state index >= 15 is 0 Å². The number of aromatic nitrogens is 2. The van der Waals surface area contributed by atoms with Gasteiger partial charge in [0.2, 0.25) is 17.0 Å². The zero-order valence-electron chi connectivity index (χ0n) is 16.7. The Kier molecular flexibility index (Phi) is 6.53. The van der Waals surface area contributed by atoms with Gasteiger partial charge in [-0.05, 0) is 57.6 Å². The van der Waals surface area contributed by atoms with Crippen molar-refractivity contribution in [3.05, 3.63) is 46.8 Å². The van der Waals surface area contributed by atoms with Crippen LogP contribution in [0, 0.1) is 27.7 Å². The molecule has 148 valence electrons. The lowest BCUT2D eigenvalue weighted by Gasteiger charge is -2.29. The average Bonchev–Trinajstić information content (AvgIpc) is 2.63. The van der Waals surface area contributed by atoms with E-state index in [9.17, 15) is 0 Å². The molecule has 2 heterocycles. The van der Waals surface area contributed by atoms with Crippen LogP contribution in [0.3, 0.4) is 0 Å². The normalized spacial score (nSPS) is 14.7. The van der Waals surface area contributed by atoms with E-state index in [2.05, 4.69) is 43.5 Å². The third-order valence-electron chi connectivity index (χ3n) is 4.35. The van der Waals surface area contributed by atoms with Gasteiger partial charge >= 0.3 is 0 Å². The van der Waals surface area contributed by atoms with Gasteiger partial charge in [0.25, 0.3) is 0 Å². The molecule has 0 radical (unpaired) electrons. The Morgan fingerprint density at radius 3 is 2.36 bits per heavy atom. The Balaban J connectivity index is 1.83. The number of hydrogen-bond acceptors (Lipinski definition) is 4. The van der Waals surface area contributed by atoms with Crippen LogP contribution in [0.5, 0.6) is 0 Å². The van der Waals surface area contributed by atoms with E-state index in [-0.39, 0.29) is 0 Å². The quantitative estimate of drug-likeness (QED) is 0.457. The minimum Gasteiger partial charge on any atom is -0.378 e. The Hall–Kier alpha value is -2.58. The minimum atomic E-state index is 0.380. The third kappa shape index (κ3) is 5.46. The Morgan fingerprint density at radius 2 is 1.71 bits per heavy atom. The van der Waals surface area contributed by atoms with Gasteiger partial charge in [-0.1, -0.05) is 17.7 Å². The fourth-order valence-corrected chi connectivity index (χ4v) is 3.22. The van der Waals surface area contributed by atoms with Crippen LogP contribution in [0.25, 0.3) is 0 Å². The zero-order valence-corrected chi connectivity index (χ0v) is 17.6. The predicted octanol–water partition coefficient (Wildman–Crippen LogP) is 3.21. The number of ether oxygens (including phenoxy) is 1.